The number of pyridine rings is 1. The fraction of sp³-hybridized carbons (Fsp3) is 0.143. The molecule has 2 rings (SSSR count). The van der Waals surface area contributed by atoms with E-state index in [0.29, 0.717) is 11.4 Å². The predicted molar refractivity (Wildman–Crippen MR) is 85.6 cm³/mol. The van der Waals surface area contributed by atoms with Gasteiger partial charge in [0.05, 0.1) is 3.57 Å². The van der Waals surface area contributed by atoms with E-state index in [2.05, 4.69) is 10.3 Å². The summed E-state index contributed by atoms with van der Waals surface area (Å²) in [6.07, 6.45) is 1.50. The minimum Gasteiger partial charge on any atom is -0.363 e. The summed E-state index contributed by atoms with van der Waals surface area (Å²) in [5.41, 5.74) is 0.423. The molecule has 2 aromatic rings. The third-order valence-corrected chi connectivity index (χ3v) is 3.74. The number of anilines is 2. The van der Waals surface area contributed by atoms with Gasteiger partial charge in [0, 0.05) is 31.5 Å². The van der Waals surface area contributed by atoms with Gasteiger partial charge in [0.25, 0.3) is 5.91 Å². The van der Waals surface area contributed by atoms with E-state index in [4.69, 9.17) is 0 Å². The topological polar surface area (TPSA) is 45.2 Å². The Labute approximate surface area is 134 Å². The van der Waals surface area contributed by atoms with Crippen LogP contribution >= 0.6 is 22.6 Å². The Hall–Kier alpha value is -1.77. The van der Waals surface area contributed by atoms with Gasteiger partial charge in [0.15, 0.2) is 0 Å². The summed E-state index contributed by atoms with van der Waals surface area (Å²) in [4.78, 5) is 17.9. The van der Waals surface area contributed by atoms with Gasteiger partial charge in [0.2, 0.25) is 0 Å². The predicted octanol–water partition coefficient (Wildman–Crippen LogP) is 3.28. The lowest BCUT2D eigenvalue weighted by Crippen LogP contribution is -2.15. The van der Waals surface area contributed by atoms with E-state index in [9.17, 15) is 13.6 Å². The van der Waals surface area contributed by atoms with Gasteiger partial charge in [-0.15, -0.1) is 0 Å². The van der Waals surface area contributed by atoms with Crippen molar-refractivity contribution in [1.29, 1.82) is 0 Å². The van der Waals surface area contributed by atoms with Crippen molar-refractivity contribution >= 4 is 40.0 Å². The Morgan fingerprint density at radius 3 is 2.43 bits per heavy atom. The first-order chi connectivity index (χ1) is 9.88. The number of hydrogen-bond acceptors (Lipinski definition) is 3. The molecule has 0 saturated heterocycles. The van der Waals surface area contributed by atoms with Crippen LogP contribution in [0, 0.1) is 15.2 Å². The van der Waals surface area contributed by atoms with Crippen LogP contribution < -0.4 is 10.2 Å². The van der Waals surface area contributed by atoms with Crippen LogP contribution in [0.3, 0.4) is 0 Å². The van der Waals surface area contributed by atoms with Gasteiger partial charge < -0.3 is 10.2 Å². The second-order valence-corrected chi connectivity index (χ2v) is 5.58. The molecule has 0 spiro atoms. The number of amides is 1. The third kappa shape index (κ3) is 3.66. The highest BCUT2D eigenvalue weighted by Gasteiger charge is 2.12. The van der Waals surface area contributed by atoms with Gasteiger partial charge in [-0.25, -0.2) is 13.8 Å². The van der Waals surface area contributed by atoms with Crippen LogP contribution in [0.25, 0.3) is 0 Å². The number of aromatic nitrogens is 1. The number of halogens is 3. The van der Waals surface area contributed by atoms with Gasteiger partial charge in [-0.2, -0.15) is 0 Å². The minimum absolute atomic E-state index is 0.0682. The molecule has 0 bridgehead atoms. The second kappa shape index (κ2) is 6.33. The zero-order valence-electron chi connectivity index (χ0n) is 11.3. The van der Waals surface area contributed by atoms with Crippen molar-refractivity contribution in [3.05, 3.63) is 51.2 Å². The summed E-state index contributed by atoms with van der Waals surface area (Å²) in [5.74, 6) is -1.27. The number of carbonyl (C=O) groups is 1. The number of rotatable bonds is 3. The molecule has 1 heterocycles. The number of carbonyl (C=O) groups excluding carboxylic acids is 1. The molecule has 0 saturated carbocycles. The van der Waals surface area contributed by atoms with Gasteiger partial charge in [-0.05, 0) is 46.9 Å². The average molecular weight is 403 g/mol. The summed E-state index contributed by atoms with van der Waals surface area (Å²) in [6, 6.07) is 5.28. The summed E-state index contributed by atoms with van der Waals surface area (Å²) in [6.45, 7) is 0. The molecule has 110 valence electrons. The van der Waals surface area contributed by atoms with Gasteiger partial charge in [-0.3, -0.25) is 4.79 Å². The quantitative estimate of drug-likeness (QED) is 0.632. The molecule has 0 atom stereocenters. The van der Waals surface area contributed by atoms with E-state index in [1.165, 1.54) is 12.3 Å². The highest BCUT2D eigenvalue weighted by Crippen LogP contribution is 2.21. The maximum atomic E-state index is 13.4. The first-order valence-electron chi connectivity index (χ1n) is 5.97. The Balaban J connectivity index is 2.24. The molecule has 7 heteroatoms. The molecule has 1 amide bonds. The molecule has 1 N–H and O–H groups in total. The van der Waals surface area contributed by atoms with Crippen LogP contribution in [0.15, 0.2) is 30.5 Å². The second-order valence-electron chi connectivity index (χ2n) is 4.51. The third-order valence-electron chi connectivity index (χ3n) is 2.71. The lowest BCUT2D eigenvalue weighted by atomic mass is 10.2. The van der Waals surface area contributed by atoms with E-state index >= 15 is 0 Å². The summed E-state index contributed by atoms with van der Waals surface area (Å²) < 4.78 is 26.8. The van der Waals surface area contributed by atoms with Crippen molar-refractivity contribution in [3.63, 3.8) is 0 Å². The number of benzene rings is 1. The highest BCUT2D eigenvalue weighted by atomic mass is 127. The molecule has 0 aliphatic rings. The molecular formula is C14H12F2IN3O. The standard InChI is InChI=1S/C14H12F2IN3O/c1-20(2)12-5-8(3-4-18-12)14(21)19-9-6-10(15)13(17)11(16)7-9/h3-7H,1-2H3,(H,19,21). The summed E-state index contributed by atoms with van der Waals surface area (Å²) >= 11 is 1.57. The first kappa shape index (κ1) is 15.6. The van der Waals surface area contributed by atoms with Gasteiger partial charge >= 0.3 is 0 Å². The van der Waals surface area contributed by atoms with Crippen LogP contribution in [0.5, 0.6) is 0 Å². The maximum Gasteiger partial charge on any atom is 0.255 e. The number of nitrogens with one attached hydrogen (secondary N) is 1. The van der Waals surface area contributed by atoms with E-state index in [0.717, 1.165) is 12.1 Å². The average Bonchev–Trinajstić information content (AvgIpc) is 2.44. The Morgan fingerprint density at radius 1 is 1.24 bits per heavy atom. The molecule has 0 fully saturated rings. The minimum atomic E-state index is -0.713. The molecule has 0 aliphatic heterocycles. The van der Waals surface area contributed by atoms with Crippen molar-refractivity contribution in [2.24, 2.45) is 0 Å². The van der Waals surface area contributed by atoms with Crippen molar-refractivity contribution in [1.82, 2.24) is 4.98 Å². The van der Waals surface area contributed by atoms with Gasteiger partial charge in [-0.1, -0.05) is 0 Å². The molecule has 1 aromatic carbocycles. The van der Waals surface area contributed by atoms with E-state index < -0.39 is 17.5 Å². The Morgan fingerprint density at radius 2 is 1.86 bits per heavy atom. The maximum absolute atomic E-state index is 13.4. The van der Waals surface area contributed by atoms with E-state index in [1.54, 1.807) is 47.7 Å². The van der Waals surface area contributed by atoms with Gasteiger partial charge in [0.1, 0.15) is 17.5 Å². The van der Waals surface area contributed by atoms with Crippen LogP contribution in [0.1, 0.15) is 10.4 Å². The summed E-state index contributed by atoms with van der Waals surface area (Å²) in [7, 11) is 3.60. The Bertz CT molecular complexity index is 669. The highest BCUT2D eigenvalue weighted by molar-refractivity contribution is 14.1. The molecule has 1 aromatic heterocycles. The van der Waals surface area contributed by atoms with Crippen molar-refractivity contribution in [3.8, 4) is 0 Å². The molecule has 0 unspecified atom stereocenters. The van der Waals surface area contributed by atoms with Crippen molar-refractivity contribution in [2.75, 3.05) is 24.3 Å². The number of nitrogens with zero attached hydrogens (tertiary/aromatic N) is 2. The van der Waals surface area contributed by atoms with Crippen LogP contribution in [0.4, 0.5) is 20.3 Å². The smallest absolute Gasteiger partial charge is 0.255 e. The SMILES string of the molecule is CN(C)c1cc(C(=O)Nc2cc(F)c(I)c(F)c2)ccn1. The normalized spacial score (nSPS) is 10.3. The lowest BCUT2D eigenvalue weighted by molar-refractivity contribution is 0.102. The Kier molecular flexibility index (Phi) is 4.71. The fourth-order valence-corrected chi connectivity index (χ4v) is 1.95. The fourth-order valence-electron chi connectivity index (χ4n) is 1.64. The molecule has 0 aliphatic carbocycles. The molecule has 21 heavy (non-hydrogen) atoms. The van der Waals surface area contributed by atoms with E-state index in [-0.39, 0.29) is 9.26 Å². The van der Waals surface area contributed by atoms with Crippen LogP contribution in [-0.4, -0.2) is 25.0 Å². The van der Waals surface area contributed by atoms with Crippen molar-refractivity contribution < 1.29 is 13.6 Å². The number of hydrogen-bond donors (Lipinski definition) is 1. The van der Waals surface area contributed by atoms with Crippen LogP contribution in [0.2, 0.25) is 0 Å². The molecule has 4 nitrogen and oxygen atoms in total. The zero-order chi connectivity index (χ0) is 15.6. The van der Waals surface area contributed by atoms with E-state index in [1.807, 2.05) is 0 Å². The van der Waals surface area contributed by atoms with Crippen molar-refractivity contribution in [2.45, 2.75) is 0 Å². The molecule has 0 radical (unpaired) electrons. The first-order valence-corrected chi connectivity index (χ1v) is 7.05. The largest absolute Gasteiger partial charge is 0.363 e. The monoisotopic (exact) mass is 403 g/mol. The van der Waals surface area contributed by atoms with Crippen LogP contribution in [-0.2, 0) is 0 Å². The lowest BCUT2D eigenvalue weighted by Gasteiger charge is -2.12. The zero-order valence-corrected chi connectivity index (χ0v) is 13.5. The summed E-state index contributed by atoms with van der Waals surface area (Å²) in [5, 5.41) is 2.46. The molecular weight excluding hydrogens is 391 g/mol.